The molecule has 0 aromatic rings. The van der Waals surface area contributed by atoms with E-state index in [0.29, 0.717) is 6.04 Å². The molecule has 2 unspecified atom stereocenters. The molecule has 0 aromatic carbocycles. The smallest absolute Gasteiger partial charge is 0.00443 e. The van der Waals surface area contributed by atoms with Crippen LogP contribution in [0.4, 0.5) is 0 Å². The normalized spacial score (nSPS) is 63.9. The van der Waals surface area contributed by atoms with Crippen molar-refractivity contribution in [2.24, 2.45) is 29.4 Å². The zero-order valence-corrected chi connectivity index (χ0v) is 6.29. The Hall–Kier alpha value is -0.0400. The summed E-state index contributed by atoms with van der Waals surface area (Å²) in [6.07, 6.45) is 5.74. The monoisotopic (exact) mass is 137 g/mol. The molecule has 10 heavy (non-hydrogen) atoms. The van der Waals surface area contributed by atoms with Crippen molar-refractivity contribution in [3.05, 3.63) is 0 Å². The van der Waals surface area contributed by atoms with Gasteiger partial charge in [-0.15, -0.1) is 0 Å². The molecule has 0 aliphatic heterocycles. The minimum absolute atomic E-state index is 0.562. The van der Waals surface area contributed by atoms with E-state index in [4.69, 9.17) is 5.73 Å². The SMILES string of the molecule is NC1CC2CC3CC(C1)C23. The van der Waals surface area contributed by atoms with Crippen LogP contribution in [0.5, 0.6) is 0 Å². The summed E-state index contributed by atoms with van der Waals surface area (Å²) in [5.41, 5.74) is 5.94. The Labute approximate surface area is 62.0 Å². The number of rotatable bonds is 0. The first-order chi connectivity index (χ1) is 4.84. The Bertz CT molecular complexity index is 150. The molecule has 0 saturated heterocycles. The highest BCUT2D eigenvalue weighted by atomic mass is 14.7. The predicted octanol–water partition coefficient (Wildman–Crippen LogP) is 1.38. The van der Waals surface area contributed by atoms with Gasteiger partial charge in [0.15, 0.2) is 0 Å². The third-order valence-corrected chi connectivity index (χ3v) is 4.05. The van der Waals surface area contributed by atoms with Crippen molar-refractivity contribution in [1.29, 1.82) is 0 Å². The summed E-state index contributed by atoms with van der Waals surface area (Å²) in [7, 11) is 0. The van der Waals surface area contributed by atoms with Gasteiger partial charge in [-0.1, -0.05) is 0 Å². The molecule has 2 atom stereocenters. The van der Waals surface area contributed by atoms with Gasteiger partial charge in [0.1, 0.15) is 0 Å². The summed E-state index contributed by atoms with van der Waals surface area (Å²) < 4.78 is 0. The first kappa shape index (κ1) is 5.59. The van der Waals surface area contributed by atoms with Gasteiger partial charge in [-0.05, 0) is 49.4 Å². The van der Waals surface area contributed by atoms with E-state index in [1.54, 1.807) is 0 Å². The Balaban J connectivity index is 1.80. The second kappa shape index (κ2) is 1.58. The molecule has 1 nitrogen and oxygen atoms in total. The minimum atomic E-state index is 0.562. The summed E-state index contributed by atoms with van der Waals surface area (Å²) in [5.74, 6) is 4.43. The molecule has 0 bridgehead atoms. The first-order valence-corrected chi connectivity index (χ1v) is 4.60. The molecule has 3 aliphatic rings. The van der Waals surface area contributed by atoms with E-state index in [0.717, 1.165) is 23.7 Å². The summed E-state index contributed by atoms with van der Waals surface area (Å²) in [5, 5.41) is 0. The van der Waals surface area contributed by atoms with Crippen LogP contribution >= 0.6 is 0 Å². The molecule has 56 valence electrons. The van der Waals surface area contributed by atoms with Crippen LogP contribution in [0.1, 0.15) is 25.7 Å². The molecule has 3 aliphatic carbocycles. The summed E-state index contributed by atoms with van der Waals surface area (Å²) >= 11 is 0. The van der Waals surface area contributed by atoms with E-state index < -0.39 is 0 Å². The number of nitrogens with two attached hydrogens (primary N) is 1. The first-order valence-electron chi connectivity index (χ1n) is 4.60. The van der Waals surface area contributed by atoms with Gasteiger partial charge < -0.3 is 5.73 Å². The Kier molecular flexibility index (Phi) is 0.883. The standard InChI is InChI=1S/C9H15N/c10-8-3-6-1-5-2-7(4-8)9(5)6/h5-9H,1-4,10H2. The molecular formula is C9H15N. The predicted molar refractivity (Wildman–Crippen MR) is 40.4 cm³/mol. The third kappa shape index (κ3) is 0.493. The Morgan fingerprint density at radius 3 is 1.80 bits per heavy atom. The molecule has 0 spiro atoms. The van der Waals surface area contributed by atoms with Gasteiger partial charge in [-0.25, -0.2) is 0 Å². The maximum absolute atomic E-state index is 5.94. The summed E-state index contributed by atoms with van der Waals surface area (Å²) in [6.45, 7) is 0. The molecule has 3 rings (SSSR count). The van der Waals surface area contributed by atoms with Crippen molar-refractivity contribution < 1.29 is 0 Å². The van der Waals surface area contributed by atoms with E-state index in [1.807, 2.05) is 0 Å². The average molecular weight is 137 g/mol. The summed E-state index contributed by atoms with van der Waals surface area (Å²) in [4.78, 5) is 0. The lowest BCUT2D eigenvalue weighted by atomic mass is 9.43. The van der Waals surface area contributed by atoms with Crippen molar-refractivity contribution in [3.8, 4) is 0 Å². The molecule has 0 heterocycles. The maximum Gasteiger partial charge on any atom is 0.00443 e. The lowest BCUT2D eigenvalue weighted by Gasteiger charge is -2.63. The van der Waals surface area contributed by atoms with Gasteiger partial charge in [0.2, 0.25) is 0 Å². The van der Waals surface area contributed by atoms with Crippen LogP contribution in [-0.4, -0.2) is 6.04 Å². The van der Waals surface area contributed by atoms with Crippen molar-refractivity contribution >= 4 is 0 Å². The van der Waals surface area contributed by atoms with E-state index in [2.05, 4.69) is 0 Å². The molecule has 1 heteroatoms. The summed E-state index contributed by atoms with van der Waals surface area (Å²) in [6, 6.07) is 0.562. The molecule has 0 amide bonds. The maximum atomic E-state index is 5.94. The van der Waals surface area contributed by atoms with Crippen molar-refractivity contribution in [2.45, 2.75) is 31.7 Å². The van der Waals surface area contributed by atoms with Gasteiger partial charge in [0.25, 0.3) is 0 Å². The van der Waals surface area contributed by atoms with E-state index in [-0.39, 0.29) is 0 Å². The van der Waals surface area contributed by atoms with Gasteiger partial charge in [-0.2, -0.15) is 0 Å². The quantitative estimate of drug-likeness (QED) is 0.536. The zero-order chi connectivity index (χ0) is 6.72. The lowest BCUT2D eigenvalue weighted by Crippen LogP contribution is -2.57. The highest BCUT2D eigenvalue weighted by molar-refractivity contribution is 5.06. The largest absolute Gasteiger partial charge is 0.328 e. The minimum Gasteiger partial charge on any atom is -0.328 e. The van der Waals surface area contributed by atoms with Gasteiger partial charge in [0.05, 0.1) is 0 Å². The average Bonchev–Trinajstić information content (AvgIpc) is 1.78. The second-order valence-corrected chi connectivity index (χ2v) is 4.56. The molecule has 0 aromatic heterocycles. The molecule has 3 fully saturated rings. The van der Waals surface area contributed by atoms with Crippen molar-refractivity contribution in [2.75, 3.05) is 0 Å². The number of hydrogen-bond acceptors (Lipinski definition) is 1. The van der Waals surface area contributed by atoms with E-state index in [1.165, 1.54) is 25.7 Å². The number of hydrogen-bond donors (Lipinski definition) is 1. The third-order valence-electron chi connectivity index (χ3n) is 4.05. The van der Waals surface area contributed by atoms with E-state index >= 15 is 0 Å². The zero-order valence-electron chi connectivity index (χ0n) is 6.29. The van der Waals surface area contributed by atoms with Crippen molar-refractivity contribution in [1.82, 2.24) is 0 Å². The highest BCUT2D eigenvalue weighted by Crippen LogP contribution is 2.63. The van der Waals surface area contributed by atoms with Crippen LogP contribution in [0, 0.1) is 23.7 Å². The fourth-order valence-corrected chi connectivity index (χ4v) is 3.65. The molecule has 2 N–H and O–H groups in total. The van der Waals surface area contributed by atoms with Crippen LogP contribution in [-0.2, 0) is 0 Å². The van der Waals surface area contributed by atoms with Gasteiger partial charge >= 0.3 is 0 Å². The Morgan fingerprint density at radius 2 is 1.30 bits per heavy atom. The molecular weight excluding hydrogens is 122 g/mol. The Morgan fingerprint density at radius 1 is 0.800 bits per heavy atom. The highest BCUT2D eigenvalue weighted by Gasteiger charge is 2.56. The lowest BCUT2D eigenvalue weighted by molar-refractivity contribution is -0.125. The fourth-order valence-electron chi connectivity index (χ4n) is 3.65. The second-order valence-electron chi connectivity index (χ2n) is 4.56. The van der Waals surface area contributed by atoms with Crippen LogP contribution < -0.4 is 5.73 Å². The van der Waals surface area contributed by atoms with Crippen molar-refractivity contribution in [3.63, 3.8) is 0 Å². The molecule has 3 saturated carbocycles. The topological polar surface area (TPSA) is 26.0 Å². The van der Waals surface area contributed by atoms with Crippen LogP contribution in [0.3, 0.4) is 0 Å². The van der Waals surface area contributed by atoms with Crippen LogP contribution in [0.25, 0.3) is 0 Å². The van der Waals surface area contributed by atoms with Gasteiger partial charge in [0, 0.05) is 6.04 Å². The van der Waals surface area contributed by atoms with Crippen LogP contribution in [0.2, 0.25) is 0 Å². The van der Waals surface area contributed by atoms with Gasteiger partial charge in [-0.3, -0.25) is 0 Å². The fraction of sp³-hybridized carbons (Fsp3) is 1.00. The van der Waals surface area contributed by atoms with E-state index in [9.17, 15) is 0 Å². The van der Waals surface area contributed by atoms with Crippen LogP contribution in [0.15, 0.2) is 0 Å². The molecule has 0 radical (unpaired) electrons.